The highest BCUT2D eigenvalue weighted by atomic mass is 35.5. The highest BCUT2D eigenvalue weighted by Gasteiger charge is 2.11. The van der Waals surface area contributed by atoms with Gasteiger partial charge >= 0.3 is 0 Å². The zero-order chi connectivity index (χ0) is 12.1. The van der Waals surface area contributed by atoms with E-state index in [1.807, 2.05) is 0 Å². The smallest absolute Gasteiger partial charge is 0.252 e. The lowest BCUT2D eigenvalue weighted by molar-refractivity contribution is 0.0334. The van der Waals surface area contributed by atoms with Crippen molar-refractivity contribution < 1.29 is 9.53 Å². The van der Waals surface area contributed by atoms with Crippen LogP contribution in [0.25, 0.3) is 0 Å². The Morgan fingerprint density at radius 1 is 1.29 bits per heavy atom. The van der Waals surface area contributed by atoms with Crippen LogP contribution in [0.5, 0.6) is 0 Å². The standard InChI is InChI=1S/C12H15ClN2O2/c13-11-3-1-10(2-4-11)12(16)14-9-15-5-7-17-8-6-15/h1-4H,5-9H2,(H,14,16). The van der Waals surface area contributed by atoms with Gasteiger partial charge in [0.1, 0.15) is 0 Å². The maximum atomic E-state index is 11.8. The summed E-state index contributed by atoms with van der Waals surface area (Å²) in [6.07, 6.45) is 0. The molecule has 4 nitrogen and oxygen atoms in total. The predicted molar refractivity (Wildman–Crippen MR) is 66.2 cm³/mol. The summed E-state index contributed by atoms with van der Waals surface area (Å²) in [5.41, 5.74) is 0.627. The Morgan fingerprint density at radius 3 is 2.59 bits per heavy atom. The van der Waals surface area contributed by atoms with Crippen LogP contribution in [-0.4, -0.2) is 43.8 Å². The molecule has 1 aliphatic rings. The summed E-state index contributed by atoms with van der Waals surface area (Å²) < 4.78 is 5.24. The second-order valence-corrected chi connectivity index (χ2v) is 4.34. The average Bonchev–Trinajstić information content (AvgIpc) is 2.38. The molecule has 92 valence electrons. The highest BCUT2D eigenvalue weighted by molar-refractivity contribution is 6.30. The van der Waals surface area contributed by atoms with Gasteiger partial charge in [0.05, 0.1) is 19.9 Å². The first-order chi connectivity index (χ1) is 8.25. The van der Waals surface area contributed by atoms with E-state index in [-0.39, 0.29) is 5.91 Å². The third-order valence-electron chi connectivity index (χ3n) is 2.67. The van der Waals surface area contributed by atoms with Crippen molar-refractivity contribution in [2.75, 3.05) is 33.0 Å². The fraction of sp³-hybridized carbons (Fsp3) is 0.417. The van der Waals surface area contributed by atoms with E-state index < -0.39 is 0 Å². The Balaban J connectivity index is 1.82. The van der Waals surface area contributed by atoms with Gasteiger partial charge in [0.2, 0.25) is 0 Å². The predicted octanol–water partition coefficient (Wildman–Crippen LogP) is 1.36. The van der Waals surface area contributed by atoms with Gasteiger partial charge in [-0.1, -0.05) is 11.6 Å². The Morgan fingerprint density at radius 2 is 1.94 bits per heavy atom. The van der Waals surface area contributed by atoms with E-state index in [4.69, 9.17) is 16.3 Å². The molecule has 1 aromatic rings. The van der Waals surface area contributed by atoms with E-state index in [0.717, 1.165) is 26.3 Å². The molecule has 1 aromatic carbocycles. The minimum atomic E-state index is -0.0758. The van der Waals surface area contributed by atoms with Crippen LogP contribution in [0.4, 0.5) is 0 Å². The maximum absolute atomic E-state index is 11.8. The third-order valence-corrected chi connectivity index (χ3v) is 2.93. The van der Waals surface area contributed by atoms with Crippen molar-refractivity contribution in [3.63, 3.8) is 0 Å². The van der Waals surface area contributed by atoms with Crippen LogP contribution in [0.1, 0.15) is 10.4 Å². The minimum Gasteiger partial charge on any atom is -0.379 e. The zero-order valence-electron chi connectivity index (χ0n) is 9.49. The van der Waals surface area contributed by atoms with Crippen molar-refractivity contribution in [2.45, 2.75) is 0 Å². The van der Waals surface area contributed by atoms with Gasteiger partial charge in [0.15, 0.2) is 0 Å². The van der Waals surface area contributed by atoms with Crippen molar-refractivity contribution in [1.82, 2.24) is 10.2 Å². The zero-order valence-corrected chi connectivity index (χ0v) is 10.2. The van der Waals surface area contributed by atoms with Crippen molar-refractivity contribution >= 4 is 17.5 Å². The molecule has 1 amide bonds. The number of morpholine rings is 1. The lowest BCUT2D eigenvalue weighted by Gasteiger charge is -2.26. The van der Waals surface area contributed by atoms with Crippen LogP contribution in [0.15, 0.2) is 24.3 Å². The number of carbonyl (C=O) groups is 1. The molecule has 0 aromatic heterocycles. The fourth-order valence-corrected chi connectivity index (χ4v) is 1.77. The van der Waals surface area contributed by atoms with E-state index in [0.29, 0.717) is 17.3 Å². The fourth-order valence-electron chi connectivity index (χ4n) is 1.65. The quantitative estimate of drug-likeness (QED) is 0.886. The molecule has 0 aliphatic carbocycles. The molecular weight excluding hydrogens is 240 g/mol. The van der Waals surface area contributed by atoms with Crippen LogP contribution < -0.4 is 5.32 Å². The van der Waals surface area contributed by atoms with E-state index in [9.17, 15) is 4.79 Å². The Hall–Kier alpha value is -1.10. The number of amides is 1. The topological polar surface area (TPSA) is 41.6 Å². The van der Waals surface area contributed by atoms with Crippen LogP contribution in [0, 0.1) is 0 Å². The average molecular weight is 255 g/mol. The molecule has 0 saturated carbocycles. The molecule has 0 spiro atoms. The second kappa shape index (κ2) is 6.00. The molecule has 2 rings (SSSR count). The molecule has 1 N–H and O–H groups in total. The SMILES string of the molecule is O=C(NCN1CCOCC1)c1ccc(Cl)cc1. The number of halogens is 1. The van der Waals surface area contributed by atoms with E-state index >= 15 is 0 Å². The van der Waals surface area contributed by atoms with Gasteiger partial charge in [0.25, 0.3) is 5.91 Å². The van der Waals surface area contributed by atoms with Crippen molar-refractivity contribution in [3.05, 3.63) is 34.9 Å². The number of nitrogens with zero attached hydrogens (tertiary/aromatic N) is 1. The molecular formula is C12H15ClN2O2. The normalized spacial score (nSPS) is 16.8. The molecule has 0 radical (unpaired) electrons. The number of hydrogen-bond acceptors (Lipinski definition) is 3. The summed E-state index contributed by atoms with van der Waals surface area (Å²) in [6.45, 7) is 3.75. The van der Waals surface area contributed by atoms with Crippen LogP contribution in [0.3, 0.4) is 0 Å². The number of hydrogen-bond donors (Lipinski definition) is 1. The van der Waals surface area contributed by atoms with Gasteiger partial charge in [-0.25, -0.2) is 0 Å². The number of rotatable bonds is 3. The van der Waals surface area contributed by atoms with Gasteiger partial charge < -0.3 is 10.1 Å². The van der Waals surface area contributed by atoms with Gasteiger partial charge in [-0.3, -0.25) is 9.69 Å². The van der Waals surface area contributed by atoms with Crippen molar-refractivity contribution in [1.29, 1.82) is 0 Å². The lowest BCUT2D eigenvalue weighted by atomic mass is 10.2. The monoisotopic (exact) mass is 254 g/mol. The van der Waals surface area contributed by atoms with E-state index in [2.05, 4.69) is 10.2 Å². The summed E-state index contributed by atoms with van der Waals surface area (Å²) in [6, 6.07) is 6.87. The lowest BCUT2D eigenvalue weighted by Crippen LogP contribution is -2.43. The first kappa shape index (κ1) is 12.4. The number of nitrogens with one attached hydrogen (secondary N) is 1. The molecule has 5 heteroatoms. The van der Waals surface area contributed by atoms with E-state index in [1.54, 1.807) is 24.3 Å². The van der Waals surface area contributed by atoms with Gasteiger partial charge in [0, 0.05) is 23.7 Å². The molecule has 0 bridgehead atoms. The van der Waals surface area contributed by atoms with E-state index in [1.165, 1.54) is 0 Å². The first-order valence-electron chi connectivity index (χ1n) is 5.59. The first-order valence-corrected chi connectivity index (χ1v) is 5.97. The number of carbonyl (C=O) groups excluding carboxylic acids is 1. The van der Waals surface area contributed by atoms with Gasteiger partial charge in [-0.05, 0) is 24.3 Å². The summed E-state index contributed by atoms with van der Waals surface area (Å²) in [4.78, 5) is 13.9. The molecule has 0 atom stereocenters. The number of benzene rings is 1. The Bertz CT molecular complexity index is 375. The largest absolute Gasteiger partial charge is 0.379 e. The molecule has 1 fully saturated rings. The molecule has 0 unspecified atom stereocenters. The van der Waals surface area contributed by atoms with Crippen LogP contribution >= 0.6 is 11.6 Å². The van der Waals surface area contributed by atoms with Crippen molar-refractivity contribution in [3.8, 4) is 0 Å². The molecule has 1 aliphatic heterocycles. The Labute approximate surface area is 106 Å². The third kappa shape index (κ3) is 3.70. The summed E-state index contributed by atoms with van der Waals surface area (Å²) in [5.74, 6) is -0.0758. The minimum absolute atomic E-state index is 0.0758. The van der Waals surface area contributed by atoms with Crippen LogP contribution in [-0.2, 0) is 4.74 Å². The Kier molecular flexibility index (Phi) is 4.36. The summed E-state index contributed by atoms with van der Waals surface area (Å²) in [7, 11) is 0. The second-order valence-electron chi connectivity index (χ2n) is 3.90. The molecule has 17 heavy (non-hydrogen) atoms. The maximum Gasteiger partial charge on any atom is 0.252 e. The molecule has 1 saturated heterocycles. The van der Waals surface area contributed by atoms with Gasteiger partial charge in [-0.15, -0.1) is 0 Å². The van der Waals surface area contributed by atoms with Gasteiger partial charge in [-0.2, -0.15) is 0 Å². The molecule has 1 heterocycles. The summed E-state index contributed by atoms with van der Waals surface area (Å²) in [5, 5.41) is 3.51. The highest BCUT2D eigenvalue weighted by Crippen LogP contribution is 2.09. The summed E-state index contributed by atoms with van der Waals surface area (Å²) >= 11 is 5.76. The van der Waals surface area contributed by atoms with Crippen molar-refractivity contribution in [2.24, 2.45) is 0 Å². The number of ether oxygens (including phenoxy) is 1. The van der Waals surface area contributed by atoms with Crippen LogP contribution in [0.2, 0.25) is 5.02 Å².